The van der Waals surface area contributed by atoms with E-state index in [0.29, 0.717) is 0 Å². The number of aliphatic hydroxyl groups is 1. The molecule has 1 saturated carbocycles. The first kappa shape index (κ1) is 18.3. The van der Waals surface area contributed by atoms with Crippen LogP contribution in [0.5, 0.6) is 0 Å². The molecule has 1 N–H and O–H groups in total. The van der Waals surface area contributed by atoms with Gasteiger partial charge >= 0.3 is 0 Å². The fourth-order valence-electron chi connectivity index (χ4n) is 4.20. The lowest BCUT2D eigenvalue weighted by molar-refractivity contribution is -0.198. The maximum absolute atomic E-state index is 11.4. The summed E-state index contributed by atoms with van der Waals surface area (Å²) in [4.78, 5) is -0.116. The number of allylic oxidation sites excluding steroid dienone is 1. The van der Waals surface area contributed by atoms with Gasteiger partial charge in [0.25, 0.3) is 0 Å². The molecule has 0 amide bonds. The summed E-state index contributed by atoms with van der Waals surface area (Å²) in [6.45, 7) is 8.38. The van der Waals surface area contributed by atoms with Crippen LogP contribution in [0.4, 0.5) is 0 Å². The summed E-state index contributed by atoms with van der Waals surface area (Å²) in [5.74, 6) is 0. The van der Waals surface area contributed by atoms with Crippen molar-refractivity contribution in [3.63, 3.8) is 0 Å². The van der Waals surface area contributed by atoms with E-state index >= 15 is 0 Å². The van der Waals surface area contributed by atoms with Gasteiger partial charge in [-0.1, -0.05) is 45.7 Å². The number of ether oxygens (including phenoxy) is 1. The maximum Gasteiger partial charge on any atom is 0.105 e. The SMILES string of the molecule is CO[C@@H]1C=C(Br)C(C)(C)[C@]2(CC[C@](C)(Cl)[C@@H](Br)C2)[C@]1(C)O. The van der Waals surface area contributed by atoms with Crippen molar-refractivity contribution in [1.82, 2.24) is 0 Å². The van der Waals surface area contributed by atoms with Crippen molar-refractivity contribution < 1.29 is 9.84 Å². The lowest BCUT2D eigenvalue weighted by Crippen LogP contribution is -2.66. The van der Waals surface area contributed by atoms with E-state index in [-0.39, 0.29) is 26.6 Å². The van der Waals surface area contributed by atoms with Crippen LogP contribution in [0.3, 0.4) is 0 Å². The van der Waals surface area contributed by atoms with Crippen LogP contribution in [0.2, 0.25) is 0 Å². The van der Waals surface area contributed by atoms with E-state index in [2.05, 4.69) is 52.6 Å². The Labute approximate surface area is 149 Å². The third-order valence-corrected chi connectivity index (χ3v) is 9.40. The molecule has 0 aromatic carbocycles. The van der Waals surface area contributed by atoms with Gasteiger partial charge in [0.2, 0.25) is 0 Å². The normalized spacial score (nSPS) is 50.0. The zero-order chi connectivity index (χ0) is 16.3. The van der Waals surface area contributed by atoms with E-state index in [9.17, 15) is 5.11 Å². The molecule has 0 radical (unpaired) electrons. The number of halogens is 3. The Morgan fingerprint density at radius 2 is 1.86 bits per heavy atom. The van der Waals surface area contributed by atoms with E-state index in [4.69, 9.17) is 16.3 Å². The molecule has 122 valence electrons. The van der Waals surface area contributed by atoms with E-state index in [1.54, 1.807) is 7.11 Å². The van der Waals surface area contributed by atoms with E-state index < -0.39 is 5.60 Å². The van der Waals surface area contributed by atoms with Crippen molar-refractivity contribution in [2.75, 3.05) is 7.11 Å². The first-order valence-corrected chi connectivity index (χ1v) is 9.47. The molecule has 2 nitrogen and oxygen atoms in total. The molecule has 0 heterocycles. The minimum atomic E-state index is -0.943. The van der Waals surface area contributed by atoms with Crippen molar-refractivity contribution in [3.8, 4) is 0 Å². The van der Waals surface area contributed by atoms with Crippen LogP contribution in [-0.4, -0.2) is 33.6 Å². The monoisotopic (exact) mass is 442 g/mol. The van der Waals surface area contributed by atoms with Crippen LogP contribution in [0.1, 0.15) is 47.0 Å². The minimum Gasteiger partial charge on any atom is -0.387 e. The molecule has 5 atom stereocenters. The van der Waals surface area contributed by atoms with Crippen LogP contribution in [0.15, 0.2) is 10.6 Å². The topological polar surface area (TPSA) is 29.5 Å². The number of methoxy groups -OCH3 is 1. The summed E-state index contributed by atoms with van der Waals surface area (Å²) >= 11 is 14.1. The van der Waals surface area contributed by atoms with Crippen LogP contribution in [-0.2, 0) is 4.74 Å². The lowest BCUT2D eigenvalue weighted by Gasteiger charge is -2.63. The first-order valence-electron chi connectivity index (χ1n) is 7.38. The Balaban J connectivity index is 2.56. The largest absolute Gasteiger partial charge is 0.387 e. The van der Waals surface area contributed by atoms with Crippen molar-refractivity contribution >= 4 is 43.5 Å². The molecule has 0 unspecified atom stereocenters. The molecular weight excluding hydrogens is 419 g/mol. The molecular formula is C16H25Br2ClO2. The molecule has 2 aliphatic rings. The molecule has 0 bridgehead atoms. The quantitative estimate of drug-likeness (QED) is 0.577. The number of alkyl halides is 2. The fraction of sp³-hybridized carbons (Fsp3) is 0.875. The maximum atomic E-state index is 11.4. The molecule has 1 spiro atoms. The Morgan fingerprint density at radius 1 is 1.29 bits per heavy atom. The van der Waals surface area contributed by atoms with Gasteiger partial charge in [0, 0.05) is 27.2 Å². The fourth-order valence-corrected chi connectivity index (χ4v) is 5.77. The molecule has 21 heavy (non-hydrogen) atoms. The summed E-state index contributed by atoms with van der Waals surface area (Å²) in [7, 11) is 1.65. The number of rotatable bonds is 1. The highest BCUT2D eigenvalue weighted by Gasteiger charge is 2.65. The van der Waals surface area contributed by atoms with Gasteiger partial charge in [-0.2, -0.15) is 0 Å². The zero-order valence-electron chi connectivity index (χ0n) is 13.3. The number of hydrogen-bond acceptors (Lipinski definition) is 2. The molecule has 0 aromatic heterocycles. The van der Waals surface area contributed by atoms with Gasteiger partial charge in [0.1, 0.15) is 6.10 Å². The molecule has 0 saturated heterocycles. The molecule has 2 aliphatic carbocycles. The summed E-state index contributed by atoms with van der Waals surface area (Å²) in [6, 6.07) is 0. The van der Waals surface area contributed by atoms with Gasteiger partial charge in [0.05, 0.1) is 10.5 Å². The van der Waals surface area contributed by atoms with Crippen molar-refractivity contribution in [2.24, 2.45) is 10.8 Å². The summed E-state index contributed by atoms with van der Waals surface area (Å²) in [5.41, 5.74) is -1.41. The van der Waals surface area contributed by atoms with Crippen molar-refractivity contribution in [2.45, 2.75) is 68.4 Å². The summed E-state index contributed by atoms with van der Waals surface area (Å²) < 4.78 is 6.68. The highest BCUT2D eigenvalue weighted by Crippen LogP contribution is 2.66. The molecule has 0 aromatic rings. The van der Waals surface area contributed by atoms with Gasteiger partial charge in [-0.3, -0.25) is 0 Å². The lowest BCUT2D eigenvalue weighted by atomic mass is 9.47. The summed E-state index contributed by atoms with van der Waals surface area (Å²) in [5, 5.41) is 11.4. The van der Waals surface area contributed by atoms with Crippen LogP contribution in [0, 0.1) is 10.8 Å². The highest BCUT2D eigenvalue weighted by atomic mass is 79.9. The Hall–Kier alpha value is 0.910. The molecule has 0 aliphatic heterocycles. The Bertz CT molecular complexity index is 459. The average molecular weight is 445 g/mol. The van der Waals surface area contributed by atoms with E-state index in [0.717, 1.165) is 23.7 Å². The van der Waals surface area contributed by atoms with Gasteiger partial charge in [-0.25, -0.2) is 0 Å². The summed E-state index contributed by atoms with van der Waals surface area (Å²) in [6.07, 6.45) is 4.23. The smallest absolute Gasteiger partial charge is 0.105 e. The molecule has 5 heteroatoms. The van der Waals surface area contributed by atoms with Gasteiger partial charge < -0.3 is 9.84 Å². The van der Waals surface area contributed by atoms with Gasteiger partial charge in [0.15, 0.2) is 0 Å². The Kier molecular flexibility index (Phi) is 4.76. The second-order valence-corrected chi connectivity index (χ2v) is 10.3. The zero-order valence-corrected chi connectivity index (χ0v) is 17.3. The molecule has 1 fully saturated rings. The number of hydrogen-bond donors (Lipinski definition) is 1. The average Bonchev–Trinajstić information content (AvgIpc) is 2.36. The van der Waals surface area contributed by atoms with Crippen LogP contribution < -0.4 is 0 Å². The second kappa shape index (κ2) is 5.47. The predicted octanol–water partition coefficient (Wildman–Crippen LogP) is 5.00. The molecule has 2 rings (SSSR count). The van der Waals surface area contributed by atoms with E-state index in [1.807, 2.05) is 13.0 Å². The third kappa shape index (κ3) is 2.48. The van der Waals surface area contributed by atoms with Gasteiger partial charge in [-0.15, -0.1) is 11.6 Å². The van der Waals surface area contributed by atoms with Crippen LogP contribution in [0.25, 0.3) is 0 Å². The minimum absolute atomic E-state index is 0.155. The van der Waals surface area contributed by atoms with E-state index in [1.165, 1.54) is 0 Å². The highest BCUT2D eigenvalue weighted by molar-refractivity contribution is 9.11. The first-order chi connectivity index (χ1) is 9.42. The van der Waals surface area contributed by atoms with Crippen molar-refractivity contribution in [1.29, 1.82) is 0 Å². The van der Waals surface area contributed by atoms with Gasteiger partial charge in [-0.05, 0) is 39.2 Å². The van der Waals surface area contributed by atoms with Crippen LogP contribution >= 0.6 is 43.5 Å². The van der Waals surface area contributed by atoms with Crippen molar-refractivity contribution in [3.05, 3.63) is 10.6 Å². The predicted molar refractivity (Wildman–Crippen MR) is 95.5 cm³/mol. The Morgan fingerprint density at radius 3 is 2.33 bits per heavy atom. The standard InChI is InChI=1S/C16H25Br2ClO2/c1-13(2)10(17)8-12(21-5)15(4,20)16(13)7-6-14(3,19)11(18)9-16/h8,11-12,20H,6-7,9H2,1-5H3/t11-,12+,14-,15+,16+/m0/s1. The second-order valence-electron chi connectivity index (χ2n) is 7.48. The third-order valence-electron chi connectivity index (χ3n) is 6.09.